The molecule has 0 bridgehead atoms. The van der Waals surface area contributed by atoms with Crippen molar-refractivity contribution in [1.82, 2.24) is 4.90 Å². The summed E-state index contributed by atoms with van der Waals surface area (Å²) in [6, 6.07) is 0. The number of halogens is 3. The number of hydrogen-bond donors (Lipinski definition) is 1. The molecule has 1 atom stereocenters. The molecule has 1 amide bonds. The Morgan fingerprint density at radius 1 is 1.50 bits per heavy atom. The van der Waals surface area contributed by atoms with Gasteiger partial charge in [-0.05, 0) is 0 Å². The molecular formula is C10H17F3N2O3. The Balaban J connectivity index is 2.20. The van der Waals surface area contributed by atoms with Gasteiger partial charge in [0.2, 0.25) is 5.91 Å². The van der Waals surface area contributed by atoms with Crippen LogP contribution in [0.4, 0.5) is 13.2 Å². The first kappa shape index (κ1) is 15.2. The van der Waals surface area contributed by atoms with Gasteiger partial charge in [0, 0.05) is 19.6 Å². The van der Waals surface area contributed by atoms with E-state index in [1.54, 1.807) is 0 Å². The van der Waals surface area contributed by atoms with Crippen LogP contribution in [0.2, 0.25) is 0 Å². The van der Waals surface area contributed by atoms with Crippen LogP contribution in [0.5, 0.6) is 0 Å². The van der Waals surface area contributed by atoms with E-state index in [0.29, 0.717) is 26.2 Å². The van der Waals surface area contributed by atoms with Crippen molar-refractivity contribution < 1.29 is 27.4 Å². The first-order valence-electron chi connectivity index (χ1n) is 5.66. The number of carbonyl (C=O) groups is 1. The van der Waals surface area contributed by atoms with Crippen LogP contribution in [0.3, 0.4) is 0 Å². The SMILES string of the molecule is NCC1CN(C(=O)CCOCC(F)(F)F)CCO1. The number of ether oxygens (including phenoxy) is 2. The Kier molecular flexibility index (Phi) is 5.83. The Morgan fingerprint density at radius 2 is 2.22 bits per heavy atom. The highest BCUT2D eigenvalue weighted by molar-refractivity contribution is 5.76. The van der Waals surface area contributed by atoms with E-state index in [0.717, 1.165) is 0 Å². The standard InChI is InChI=1S/C10H17F3N2O3/c11-10(12,13)7-17-3-1-9(16)15-2-4-18-8(5-14)6-15/h8H,1-7,14H2. The maximum atomic E-state index is 11.8. The second-order valence-corrected chi connectivity index (χ2v) is 3.99. The Hall–Kier alpha value is -0.860. The summed E-state index contributed by atoms with van der Waals surface area (Å²) >= 11 is 0. The van der Waals surface area contributed by atoms with E-state index in [1.165, 1.54) is 4.90 Å². The first-order valence-corrected chi connectivity index (χ1v) is 5.66. The maximum absolute atomic E-state index is 11.8. The van der Waals surface area contributed by atoms with Crippen molar-refractivity contribution in [1.29, 1.82) is 0 Å². The lowest BCUT2D eigenvalue weighted by molar-refractivity contribution is -0.175. The molecular weight excluding hydrogens is 253 g/mol. The van der Waals surface area contributed by atoms with Crippen molar-refractivity contribution in [3.05, 3.63) is 0 Å². The van der Waals surface area contributed by atoms with Crippen LogP contribution in [0, 0.1) is 0 Å². The monoisotopic (exact) mass is 270 g/mol. The van der Waals surface area contributed by atoms with Gasteiger partial charge in [0.15, 0.2) is 0 Å². The van der Waals surface area contributed by atoms with Gasteiger partial charge < -0.3 is 20.1 Å². The van der Waals surface area contributed by atoms with E-state index in [4.69, 9.17) is 10.5 Å². The number of hydrogen-bond acceptors (Lipinski definition) is 4. The smallest absolute Gasteiger partial charge is 0.373 e. The minimum Gasteiger partial charge on any atom is -0.373 e. The van der Waals surface area contributed by atoms with Crippen LogP contribution in [0.1, 0.15) is 6.42 Å². The quantitative estimate of drug-likeness (QED) is 0.722. The summed E-state index contributed by atoms with van der Waals surface area (Å²) in [6.45, 7) is -0.0214. The highest BCUT2D eigenvalue weighted by Gasteiger charge is 2.28. The first-order chi connectivity index (χ1) is 8.42. The summed E-state index contributed by atoms with van der Waals surface area (Å²) in [5, 5.41) is 0. The van der Waals surface area contributed by atoms with Crippen molar-refractivity contribution in [3.8, 4) is 0 Å². The molecule has 0 spiro atoms. The van der Waals surface area contributed by atoms with Gasteiger partial charge in [0.05, 0.1) is 25.7 Å². The molecule has 0 aromatic heterocycles. The maximum Gasteiger partial charge on any atom is 0.411 e. The van der Waals surface area contributed by atoms with E-state index in [2.05, 4.69) is 4.74 Å². The average molecular weight is 270 g/mol. The zero-order chi connectivity index (χ0) is 13.6. The summed E-state index contributed by atoms with van der Waals surface area (Å²) in [7, 11) is 0. The zero-order valence-corrected chi connectivity index (χ0v) is 9.91. The van der Waals surface area contributed by atoms with Gasteiger partial charge in [-0.2, -0.15) is 13.2 Å². The third-order valence-electron chi connectivity index (χ3n) is 2.48. The fraction of sp³-hybridized carbons (Fsp3) is 0.900. The minimum absolute atomic E-state index is 0.0621. The lowest BCUT2D eigenvalue weighted by atomic mass is 10.2. The molecule has 1 fully saturated rings. The number of amides is 1. The van der Waals surface area contributed by atoms with Gasteiger partial charge in [0.25, 0.3) is 0 Å². The van der Waals surface area contributed by atoms with Crippen LogP contribution in [-0.4, -0.2) is 62.5 Å². The Bertz CT molecular complexity index is 274. The topological polar surface area (TPSA) is 64.8 Å². The van der Waals surface area contributed by atoms with Crippen LogP contribution in [0.15, 0.2) is 0 Å². The Morgan fingerprint density at radius 3 is 2.83 bits per heavy atom. The predicted octanol–water partition coefficient (Wildman–Crippen LogP) is 0.141. The highest BCUT2D eigenvalue weighted by Crippen LogP contribution is 2.14. The lowest BCUT2D eigenvalue weighted by Crippen LogP contribution is -2.48. The minimum atomic E-state index is -4.35. The molecule has 5 nitrogen and oxygen atoms in total. The van der Waals surface area contributed by atoms with Crippen molar-refractivity contribution in [2.75, 3.05) is 39.5 Å². The molecule has 1 aliphatic rings. The number of nitrogens with two attached hydrogens (primary N) is 1. The highest BCUT2D eigenvalue weighted by atomic mass is 19.4. The van der Waals surface area contributed by atoms with E-state index < -0.39 is 12.8 Å². The Labute approximate surface area is 103 Å². The molecule has 2 N–H and O–H groups in total. The lowest BCUT2D eigenvalue weighted by Gasteiger charge is -2.32. The van der Waals surface area contributed by atoms with Gasteiger partial charge in [-0.25, -0.2) is 0 Å². The normalized spacial score (nSPS) is 21.1. The van der Waals surface area contributed by atoms with Gasteiger partial charge in [-0.15, -0.1) is 0 Å². The molecule has 0 saturated carbocycles. The largest absolute Gasteiger partial charge is 0.411 e. The van der Waals surface area contributed by atoms with Gasteiger partial charge in [-0.1, -0.05) is 0 Å². The van der Waals surface area contributed by atoms with Gasteiger partial charge >= 0.3 is 6.18 Å². The van der Waals surface area contributed by atoms with Crippen molar-refractivity contribution in [3.63, 3.8) is 0 Å². The molecule has 1 saturated heterocycles. The second kappa shape index (κ2) is 6.91. The van der Waals surface area contributed by atoms with Crippen molar-refractivity contribution >= 4 is 5.91 Å². The van der Waals surface area contributed by atoms with Crippen molar-refractivity contribution in [2.45, 2.75) is 18.7 Å². The fourth-order valence-electron chi connectivity index (χ4n) is 1.59. The van der Waals surface area contributed by atoms with Crippen LogP contribution >= 0.6 is 0 Å². The summed E-state index contributed by atoms with van der Waals surface area (Å²) in [5.74, 6) is -0.237. The third-order valence-corrected chi connectivity index (χ3v) is 2.48. The zero-order valence-electron chi connectivity index (χ0n) is 9.91. The molecule has 106 valence electrons. The third kappa shape index (κ3) is 5.65. The van der Waals surface area contributed by atoms with E-state index in [9.17, 15) is 18.0 Å². The van der Waals surface area contributed by atoms with Gasteiger partial charge in [0.1, 0.15) is 6.61 Å². The molecule has 0 aromatic carbocycles. The number of morpholine rings is 1. The van der Waals surface area contributed by atoms with E-state index in [-0.39, 0.29) is 25.0 Å². The molecule has 1 aliphatic heterocycles. The molecule has 1 unspecified atom stereocenters. The van der Waals surface area contributed by atoms with Crippen LogP contribution in [0.25, 0.3) is 0 Å². The van der Waals surface area contributed by atoms with Crippen molar-refractivity contribution in [2.24, 2.45) is 5.73 Å². The van der Waals surface area contributed by atoms with Gasteiger partial charge in [-0.3, -0.25) is 4.79 Å². The molecule has 0 aromatic rings. The number of nitrogens with zero attached hydrogens (tertiary/aromatic N) is 1. The van der Waals surface area contributed by atoms with E-state index in [1.807, 2.05) is 0 Å². The average Bonchev–Trinajstić information content (AvgIpc) is 2.33. The predicted molar refractivity (Wildman–Crippen MR) is 56.9 cm³/mol. The van der Waals surface area contributed by atoms with Crippen LogP contribution in [-0.2, 0) is 14.3 Å². The molecule has 8 heteroatoms. The summed E-state index contributed by atoms with van der Waals surface area (Å²) in [4.78, 5) is 13.2. The summed E-state index contributed by atoms with van der Waals surface area (Å²) in [6.07, 6.45) is -4.61. The summed E-state index contributed by atoms with van der Waals surface area (Å²) in [5.41, 5.74) is 5.42. The number of rotatable bonds is 5. The number of carbonyl (C=O) groups excluding carboxylic acids is 1. The van der Waals surface area contributed by atoms with E-state index >= 15 is 0 Å². The molecule has 18 heavy (non-hydrogen) atoms. The fourth-order valence-corrected chi connectivity index (χ4v) is 1.59. The molecule has 1 rings (SSSR count). The number of alkyl halides is 3. The summed E-state index contributed by atoms with van der Waals surface area (Å²) < 4.78 is 45.0. The molecule has 0 radical (unpaired) electrons. The van der Waals surface area contributed by atoms with Crippen LogP contribution < -0.4 is 5.73 Å². The molecule has 1 heterocycles. The second-order valence-electron chi connectivity index (χ2n) is 3.99. The molecule has 0 aliphatic carbocycles.